The highest BCUT2D eigenvalue weighted by Crippen LogP contribution is 2.21. The highest BCUT2D eigenvalue weighted by molar-refractivity contribution is 8.13. The number of hydrogen-bond donors (Lipinski definition) is 3. The summed E-state index contributed by atoms with van der Waals surface area (Å²) in [7, 11) is 0. The number of amides is 1. The molecular weight excluding hydrogens is 266 g/mol. The Kier molecular flexibility index (Phi) is 6.01. The number of thioether (sulfide) groups is 1. The lowest BCUT2D eigenvalue weighted by Crippen LogP contribution is -2.21. The highest BCUT2D eigenvalue weighted by Gasteiger charge is 2.19. The van der Waals surface area contributed by atoms with Crippen LogP contribution >= 0.6 is 11.8 Å². The molecule has 0 saturated carbocycles. The van der Waals surface area contributed by atoms with Gasteiger partial charge in [0.25, 0.3) is 0 Å². The molecule has 1 amide bonds. The van der Waals surface area contributed by atoms with Crippen molar-refractivity contribution in [1.82, 2.24) is 0 Å². The fourth-order valence-electron chi connectivity index (χ4n) is 1.48. The molecule has 1 aromatic carbocycles. The van der Waals surface area contributed by atoms with Gasteiger partial charge in [-0.25, -0.2) is 0 Å². The molecule has 0 bridgehead atoms. The van der Waals surface area contributed by atoms with Gasteiger partial charge in [-0.15, -0.1) is 0 Å². The first kappa shape index (κ1) is 15.7. The van der Waals surface area contributed by atoms with E-state index < -0.39 is 12.2 Å². The average Bonchev–Trinajstić information content (AvgIpc) is 2.35. The van der Waals surface area contributed by atoms with Crippen molar-refractivity contribution in [3.05, 3.63) is 29.8 Å². The number of carbonyl (C=O) groups is 2. The predicted molar refractivity (Wildman–Crippen MR) is 74.9 cm³/mol. The maximum atomic E-state index is 10.9. The van der Waals surface area contributed by atoms with Crippen LogP contribution in [0, 0.1) is 0 Å². The van der Waals surface area contributed by atoms with E-state index in [1.807, 2.05) is 0 Å². The lowest BCUT2D eigenvalue weighted by atomic mass is 10.1. The van der Waals surface area contributed by atoms with E-state index in [1.54, 1.807) is 24.3 Å². The SMILES string of the molecule is CC(=O)Nc1ccc(C(O)C(O)CSC(C)=O)cc1. The summed E-state index contributed by atoms with van der Waals surface area (Å²) >= 11 is 0.968. The van der Waals surface area contributed by atoms with Gasteiger partial charge in [-0.3, -0.25) is 9.59 Å². The van der Waals surface area contributed by atoms with Crippen molar-refractivity contribution < 1.29 is 19.8 Å². The zero-order valence-corrected chi connectivity index (χ0v) is 11.6. The van der Waals surface area contributed by atoms with Crippen molar-refractivity contribution >= 4 is 28.5 Å². The molecule has 1 rings (SSSR count). The fraction of sp³-hybridized carbons (Fsp3) is 0.385. The number of rotatable bonds is 5. The van der Waals surface area contributed by atoms with Crippen LogP contribution in [0.4, 0.5) is 5.69 Å². The molecule has 2 atom stereocenters. The summed E-state index contributed by atoms with van der Waals surface area (Å²) in [5.41, 5.74) is 1.15. The molecular formula is C13H17NO4S. The summed E-state index contributed by atoms with van der Waals surface area (Å²) in [6, 6.07) is 6.53. The van der Waals surface area contributed by atoms with Gasteiger partial charge in [-0.05, 0) is 17.7 Å². The third-order valence-corrected chi connectivity index (χ3v) is 3.31. The first-order valence-electron chi connectivity index (χ1n) is 5.77. The highest BCUT2D eigenvalue weighted by atomic mass is 32.2. The van der Waals surface area contributed by atoms with Gasteiger partial charge < -0.3 is 15.5 Å². The number of carbonyl (C=O) groups excluding carboxylic acids is 2. The van der Waals surface area contributed by atoms with Crippen LogP contribution in [0.5, 0.6) is 0 Å². The van der Waals surface area contributed by atoms with Gasteiger partial charge in [0.2, 0.25) is 5.91 Å². The molecule has 104 valence electrons. The number of benzene rings is 1. The van der Waals surface area contributed by atoms with Gasteiger partial charge in [-0.1, -0.05) is 23.9 Å². The standard InChI is InChI=1S/C13H17NO4S/c1-8(15)14-11-5-3-10(4-6-11)13(18)12(17)7-19-9(2)16/h3-6,12-13,17-18H,7H2,1-2H3,(H,14,15). The second kappa shape index (κ2) is 7.28. The predicted octanol–water partition coefficient (Wildman–Crippen LogP) is 1.32. The molecule has 0 spiro atoms. The van der Waals surface area contributed by atoms with Crippen molar-refractivity contribution in [2.24, 2.45) is 0 Å². The first-order chi connectivity index (χ1) is 8.90. The molecule has 0 aliphatic rings. The normalized spacial score (nSPS) is 13.7. The summed E-state index contributed by atoms with van der Waals surface area (Å²) in [5, 5.41) is 22.2. The summed E-state index contributed by atoms with van der Waals surface area (Å²) in [5.74, 6) is -0.0320. The molecule has 3 N–H and O–H groups in total. The van der Waals surface area contributed by atoms with Gasteiger partial charge >= 0.3 is 0 Å². The minimum Gasteiger partial charge on any atom is -0.389 e. The molecule has 0 aliphatic heterocycles. The van der Waals surface area contributed by atoms with Crippen LogP contribution in [0.15, 0.2) is 24.3 Å². The van der Waals surface area contributed by atoms with Crippen LogP contribution in [0.25, 0.3) is 0 Å². The first-order valence-corrected chi connectivity index (χ1v) is 6.75. The third kappa shape index (κ3) is 5.42. The van der Waals surface area contributed by atoms with Gasteiger partial charge in [0.15, 0.2) is 5.12 Å². The molecule has 5 nitrogen and oxygen atoms in total. The molecule has 0 saturated heterocycles. The molecule has 0 aromatic heterocycles. The second-order valence-corrected chi connectivity index (χ2v) is 5.31. The van der Waals surface area contributed by atoms with Gasteiger partial charge in [0.05, 0.1) is 6.10 Å². The summed E-state index contributed by atoms with van der Waals surface area (Å²) in [6.07, 6.45) is -2.07. The molecule has 1 aromatic rings. The minimum absolute atomic E-state index is 0.104. The monoisotopic (exact) mass is 283 g/mol. The largest absolute Gasteiger partial charge is 0.389 e. The van der Waals surface area contributed by atoms with E-state index in [4.69, 9.17) is 0 Å². The van der Waals surface area contributed by atoms with Gasteiger partial charge in [0, 0.05) is 25.3 Å². The maximum absolute atomic E-state index is 10.9. The zero-order chi connectivity index (χ0) is 14.4. The van der Waals surface area contributed by atoms with Gasteiger partial charge in [-0.2, -0.15) is 0 Å². The van der Waals surface area contributed by atoms with Crippen LogP contribution in [-0.2, 0) is 9.59 Å². The Balaban J connectivity index is 2.63. The van der Waals surface area contributed by atoms with Crippen molar-refractivity contribution in [3.63, 3.8) is 0 Å². The summed E-state index contributed by atoms with van der Waals surface area (Å²) in [4.78, 5) is 21.6. The fourth-order valence-corrected chi connectivity index (χ4v) is 2.07. The van der Waals surface area contributed by atoms with E-state index in [0.717, 1.165) is 11.8 Å². The summed E-state index contributed by atoms with van der Waals surface area (Å²) < 4.78 is 0. The number of hydrogen-bond acceptors (Lipinski definition) is 5. The van der Waals surface area contributed by atoms with Crippen LogP contribution < -0.4 is 5.32 Å². The lowest BCUT2D eigenvalue weighted by Gasteiger charge is -2.17. The Hall–Kier alpha value is -1.37. The van der Waals surface area contributed by atoms with Crippen molar-refractivity contribution in [2.75, 3.05) is 11.1 Å². The molecule has 6 heteroatoms. The summed E-state index contributed by atoms with van der Waals surface area (Å²) in [6.45, 7) is 2.82. The van der Waals surface area contributed by atoms with E-state index in [-0.39, 0.29) is 16.8 Å². The molecule has 0 radical (unpaired) electrons. The molecule has 0 aliphatic carbocycles. The van der Waals surface area contributed by atoms with E-state index in [1.165, 1.54) is 13.8 Å². The smallest absolute Gasteiger partial charge is 0.221 e. The average molecular weight is 283 g/mol. The van der Waals surface area contributed by atoms with Gasteiger partial charge in [0.1, 0.15) is 6.10 Å². The molecule has 19 heavy (non-hydrogen) atoms. The van der Waals surface area contributed by atoms with Crippen molar-refractivity contribution in [3.8, 4) is 0 Å². The van der Waals surface area contributed by atoms with Crippen LogP contribution in [0.2, 0.25) is 0 Å². The van der Waals surface area contributed by atoms with Crippen molar-refractivity contribution in [2.45, 2.75) is 26.1 Å². The Labute approximate surface area is 116 Å². The topological polar surface area (TPSA) is 86.6 Å². The van der Waals surface area contributed by atoms with E-state index in [2.05, 4.69) is 5.32 Å². The van der Waals surface area contributed by atoms with Crippen LogP contribution in [-0.4, -0.2) is 33.1 Å². The number of aliphatic hydroxyl groups is 2. The van der Waals surface area contributed by atoms with Crippen molar-refractivity contribution in [1.29, 1.82) is 0 Å². The Morgan fingerprint density at radius 2 is 1.79 bits per heavy atom. The maximum Gasteiger partial charge on any atom is 0.221 e. The Morgan fingerprint density at radius 3 is 2.26 bits per heavy atom. The molecule has 0 heterocycles. The van der Waals surface area contributed by atoms with E-state index >= 15 is 0 Å². The second-order valence-electron chi connectivity index (χ2n) is 4.12. The van der Waals surface area contributed by atoms with Crippen LogP contribution in [0.1, 0.15) is 25.5 Å². The minimum atomic E-state index is -1.06. The number of anilines is 1. The van der Waals surface area contributed by atoms with E-state index in [0.29, 0.717) is 11.3 Å². The lowest BCUT2D eigenvalue weighted by molar-refractivity contribution is -0.114. The molecule has 2 unspecified atom stereocenters. The van der Waals surface area contributed by atoms with E-state index in [9.17, 15) is 19.8 Å². The molecule has 0 fully saturated rings. The number of aliphatic hydroxyl groups excluding tert-OH is 2. The third-order valence-electron chi connectivity index (χ3n) is 2.39. The Morgan fingerprint density at radius 1 is 1.21 bits per heavy atom. The zero-order valence-electron chi connectivity index (χ0n) is 10.8. The Bertz CT molecular complexity index is 446. The van der Waals surface area contributed by atoms with Crippen LogP contribution in [0.3, 0.4) is 0 Å². The quantitative estimate of drug-likeness (QED) is 0.758. The number of nitrogens with one attached hydrogen (secondary N) is 1.